The highest BCUT2D eigenvalue weighted by Gasteiger charge is 2.19. The third kappa shape index (κ3) is 4.28. The van der Waals surface area contributed by atoms with Gasteiger partial charge in [-0.3, -0.25) is 0 Å². The summed E-state index contributed by atoms with van der Waals surface area (Å²) in [6, 6.07) is 31.3. The molecule has 9 heteroatoms. The van der Waals surface area contributed by atoms with Crippen molar-refractivity contribution < 1.29 is 4.42 Å². The summed E-state index contributed by atoms with van der Waals surface area (Å²) in [6.07, 6.45) is 0. The van der Waals surface area contributed by atoms with E-state index in [-0.39, 0.29) is 27.3 Å². The smallest absolute Gasteiger partial charge is 0.164 e. The number of hydrogen-bond acceptors (Lipinski definition) is 4. The molecule has 0 aliphatic carbocycles. The van der Waals surface area contributed by atoms with E-state index in [2.05, 4.69) is 0 Å². The Labute approximate surface area is 249 Å². The summed E-state index contributed by atoms with van der Waals surface area (Å²) < 4.78 is 6.36. The van der Waals surface area contributed by atoms with Crippen molar-refractivity contribution in [1.29, 1.82) is 0 Å². The van der Waals surface area contributed by atoms with Gasteiger partial charge in [-0.15, -0.1) is 16.4 Å². The lowest BCUT2D eigenvalue weighted by atomic mass is 9.59. The van der Waals surface area contributed by atoms with Gasteiger partial charge in [-0.1, -0.05) is 89.8 Å². The van der Waals surface area contributed by atoms with Crippen molar-refractivity contribution >= 4 is 88.5 Å². The molecular weight excluding hydrogens is 508 g/mol. The molecule has 0 aliphatic heterocycles. The Morgan fingerprint density at radius 3 is 1.55 bits per heavy atom. The van der Waals surface area contributed by atoms with Gasteiger partial charge in [0.1, 0.15) is 50.4 Å². The van der Waals surface area contributed by atoms with E-state index >= 15 is 0 Å². The molecule has 4 nitrogen and oxygen atoms in total. The van der Waals surface area contributed by atoms with Gasteiger partial charge in [-0.2, -0.15) is 0 Å². The second kappa shape index (κ2) is 10.3. The van der Waals surface area contributed by atoms with E-state index in [4.69, 9.17) is 58.6 Å². The molecule has 184 valence electrons. The number of furan rings is 1. The highest BCUT2D eigenvalue weighted by Crippen LogP contribution is 2.36. The first-order valence-electron chi connectivity index (χ1n) is 13.2. The quantitative estimate of drug-likeness (QED) is 0.332. The van der Waals surface area contributed by atoms with E-state index in [1.807, 2.05) is 97.1 Å². The SMILES string of the molecule is [B]c1c([B])c([B])c(-c2cccc3c2oc2ccc(-c4nc(-c5ccccc5)nc(-c5ccccc5)n4)cc23)c([B])c1[B]. The van der Waals surface area contributed by atoms with Crippen molar-refractivity contribution in [2.75, 3.05) is 0 Å². The molecule has 42 heavy (non-hydrogen) atoms. The fourth-order valence-electron chi connectivity index (χ4n) is 5.21. The van der Waals surface area contributed by atoms with Gasteiger partial charge in [0.05, 0.1) is 0 Å². The van der Waals surface area contributed by atoms with E-state index in [0.717, 1.165) is 27.5 Å². The Balaban J connectivity index is 1.43. The molecule has 0 amide bonds. The minimum Gasteiger partial charge on any atom is -0.455 e. The second-order valence-electron chi connectivity index (χ2n) is 9.98. The molecule has 0 fully saturated rings. The zero-order valence-electron chi connectivity index (χ0n) is 22.4. The Hall–Kier alpha value is -4.77. The van der Waals surface area contributed by atoms with Crippen LogP contribution in [0.2, 0.25) is 0 Å². The number of fused-ring (bicyclic) bond motifs is 3. The summed E-state index contributed by atoms with van der Waals surface area (Å²) in [5.74, 6) is 1.72. The van der Waals surface area contributed by atoms with Crippen LogP contribution in [0.15, 0.2) is 101 Å². The summed E-state index contributed by atoms with van der Waals surface area (Å²) in [6.45, 7) is 0. The average molecular weight is 525 g/mol. The van der Waals surface area contributed by atoms with E-state index in [1.165, 1.54) is 0 Å². The lowest BCUT2D eigenvalue weighted by molar-refractivity contribution is 0.670. The first-order chi connectivity index (χ1) is 20.4. The summed E-state index contributed by atoms with van der Waals surface area (Å²) in [5, 5.41) is 1.73. The molecule has 0 atom stereocenters. The molecule has 0 aliphatic rings. The zero-order chi connectivity index (χ0) is 29.0. The summed E-state index contributed by atoms with van der Waals surface area (Å²) in [4.78, 5) is 14.5. The molecule has 0 saturated heterocycles. The van der Waals surface area contributed by atoms with Crippen molar-refractivity contribution in [2.45, 2.75) is 0 Å². The highest BCUT2D eigenvalue weighted by molar-refractivity contribution is 6.68. The monoisotopic (exact) mass is 525 g/mol. The molecule has 0 saturated carbocycles. The van der Waals surface area contributed by atoms with Crippen molar-refractivity contribution in [3.05, 3.63) is 97.1 Å². The number of rotatable bonds is 4. The van der Waals surface area contributed by atoms with Gasteiger partial charge in [-0.25, -0.2) is 15.0 Å². The Bertz CT molecular complexity index is 2060. The predicted octanol–water partition coefficient (Wildman–Crippen LogP) is 2.41. The van der Waals surface area contributed by atoms with Crippen LogP contribution < -0.4 is 27.3 Å². The Kier molecular flexibility index (Phi) is 6.39. The third-order valence-electron chi connectivity index (χ3n) is 7.42. The summed E-state index contributed by atoms with van der Waals surface area (Å²) in [7, 11) is 31.1. The number of hydrogen-bond donors (Lipinski definition) is 0. The summed E-state index contributed by atoms with van der Waals surface area (Å²) >= 11 is 0. The van der Waals surface area contributed by atoms with Gasteiger partial charge in [0.25, 0.3) is 0 Å². The van der Waals surface area contributed by atoms with E-state index < -0.39 is 0 Å². The predicted molar refractivity (Wildman–Crippen MR) is 176 cm³/mol. The maximum atomic E-state index is 6.39. The number of aromatic nitrogens is 3. The van der Waals surface area contributed by atoms with Crippen LogP contribution in [0.3, 0.4) is 0 Å². The maximum absolute atomic E-state index is 6.39. The van der Waals surface area contributed by atoms with Crippen molar-refractivity contribution in [3.63, 3.8) is 0 Å². The first kappa shape index (κ1) is 26.2. The Morgan fingerprint density at radius 1 is 0.452 bits per heavy atom. The molecule has 2 aromatic heterocycles. The molecule has 0 spiro atoms. The molecule has 0 N–H and O–H groups in total. The van der Waals surface area contributed by atoms with Crippen LogP contribution in [-0.2, 0) is 0 Å². The minimum absolute atomic E-state index is 0.164. The molecule has 5 aromatic carbocycles. The minimum atomic E-state index is 0.164. The van der Waals surface area contributed by atoms with Crippen molar-refractivity contribution in [3.8, 4) is 45.3 Å². The van der Waals surface area contributed by atoms with Crippen LogP contribution in [-0.4, -0.2) is 54.2 Å². The van der Waals surface area contributed by atoms with E-state index in [1.54, 1.807) is 0 Å². The van der Waals surface area contributed by atoms with Gasteiger partial charge in [0.15, 0.2) is 17.5 Å². The van der Waals surface area contributed by atoms with Gasteiger partial charge in [0.2, 0.25) is 0 Å². The van der Waals surface area contributed by atoms with Crippen LogP contribution in [0.4, 0.5) is 0 Å². The molecule has 7 aromatic rings. The van der Waals surface area contributed by atoms with Gasteiger partial charge >= 0.3 is 0 Å². The molecule has 0 bridgehead atoms. The van der Waals surface area contributed by atoms with Crippen LogP contribution in [0.5, 0.6) is 0 Å². The number of para-hydroxylation sites is 1. The molecule has 10 radical (unpaired) electrons. The van der Waals surface area contributed by atoms with Crippen LogP contribution in [0.25, 0.3) is 67.2 Å². The molecular formula is C33H16B5N3O. The van der Waals surface area contributed by atoms with Crippen LogP contribution >= 0.6 is 0 Å². The lowest BCUT2D eigenvalue weighted by Gasteiger charge is -2.21. The van der Waals surface area contributed by atoms with Gasteiger partial charge in [-0.05, 0) is 23.8 Å². The van der Waals surface area contributed by atoms with E-state index in [0.29, 0.717) is 39.8 Å². The second-order valence-corrected chi connectivity index (χ2v) is 9.98. The first-order valence-corrected chi connectivity index (χ1v) is 13.2. The maximum Gasteiger partial charge on any atom is 0.164 e. The lowest BCUT2D eigenvalue weighted by Crippen LogP contribution is -2.55. The van der Waals surface area contributed by atoms with Crippen LogP contribution in [0, 0.1) is 0 Å². The van der Waals surface area contributed by atoms with Crippen molar-refractivity contribution in [1.82, 2.24) is 15.0 Å². The standard InChI is InChI=1S/C33H16B5N3O/c34-25-24(26(35)28(37)29(38)27(25)36)21-13-7-12-20-22-16-19(14-15-23(22)42-30(20)21)33-40-31(17-8-3-1-4-9-17)39-32(41-33)18-10-5-2-6-11-18/h1-16H. The van der Waals surface area contributed by atoms with Gasteiger partial charge in [0, 0.05) is 33.0 Å². The molecule has 7 rings (SSSR count). The largest absolute Gasteiger partial charge is 0.455 e. The fraction of sp³-hybridized carbons (Fsp3) is 0. The van der Waals surface area contributed by atoms with Crippen LogP contribution in [0.1, 0.15) is 0 Å². The summed E-state index contributed by atoms with van der Waals surface area (Å²) in [5.41, 5.74) is 6.07. The average Bonchev–Trinajstić information content (AvgIpc) is 3.42. The number of benzene rings is 5. The normalized spacial score (nSPS) is 11.3. The van der Waals surface area contributed by atoms with E-state index in [9.17, 15) is 0 Å². The highest BCUT2D eigenvalue weighted by atomic mass is 16.3. The molecule has 0 unspecified atom stereocenters. The van der Waals surface area contributed by atoms with Gasteiger partial charge < -0.3 is 4.42 Å². The topological polar surface area (TPSA) is 51.8 Å². The Morgan fingerprint density at radius 2 is 0.976 bits per heavy atom. The fourth-order valence-corrected chi connectivity index (χ4v) is 5.21. The van der Waals surface area contributed by atoms with Crippen molar-refractivity contribution in [2.24, 2.45) is 0 Å². The zero-order valence-corrected chi connectivity index (χ0v) is 22.4. The number of nitrogens with zero attached hydrogens (tertiary/aromatic N) is 3. The third-order valence-corrected chi connectivity index (χ3v) is 7.42. The molecule has 2 heterocycles.